The third-order valence-electron chi connectivity index (χ3n) is 3.55. The summed E-state index contributed by atoms with van der Waals surface area (Å²) in [4.78, 5) is 21.5. The highest BCUT2D eigenvalue weighted by Crippen LogP contribution is 2.35. The molecule has 1 N–H and O–H groups in total. The van der Waals surface area contributed by atoms with Gasteiger partial charge in [-0.05, 0) is 30.7 Å². The van der Waals surface area contributed by atoms with Crippen molar-refractivity contribution in [1.82, 2.24) is 9.97 Å². The zero-order valence-electron chi connectivity index (χ0n) is 14.3. The minimum absolute atomic E-state index is 0.152. The number of carbonyl (C=O) groups is 1. The van der Waals surface area contributed by atoms with Crippen molar-refractivity contribution in [2.75, 3.05) is 11.9 Å². The SMILES string of the molecule is CCOc1ccccc1NC(=O)[C@@H](Sc1ncccn1)c1ccccc1. The Morgan fingerprint density at radius 2 is 1.73 bits per heavy atom. The summed E-state index contributed by atoms with van der Waals surface area (Å²) in [7, 11) is 0. The molecule has 0 aliphatic heterocycles. The molecule has 26 heavy (non-hydrogen) atoms. The first kappa shape index (κ1) is 17.9. The van der Waals surface area contributed by atoms with E-state index in [1.54, 1.807) is 18.5 Å². The predicted octanol–water partition coefficient (Wildman–Crippen LogP) is 4.35. The van der Waals surface area contributed by atoms with Gasteiger partial charge in [-0.1, -0.05) is 54.2 Å². The maximum absolute atomic E-state index is 13.0. The van der Waals surface area contributed by atoms with E-state index in [-0.39, 0.29) is 5.91 Å². The lowest BCUT2D eigenvalue weighted by Gasteiger charge is -2.17. The van der Waals surface area contributed by atoms with Crippen molar-refractivity contribution in [3.05, 3.63) is 78.6 Å². The van der Waals surface area contributed by atoms with E-state index in [1.165, 1.54) is 11.8 Å². The van der Waals surface area contributed by atoms with Crippen LogP contribution < -0.4 is 10.1 Å². The van der Waals surface area contributed by atoms with Gasteiger partial charge in [-0.15, -0.1) is 0 Å². The summed E-state index contributed by atoms with van der Waals surface area (Å²) in [5, 5.41) is 3.05. The Kier molecular flexibility index (Phi) is 6.22. The number of hydrogen-bond donors (Lipinski definition) is 1. The molecule has 0 unspecified atom stereocenters. The third kappa shape index (κ3) is 4.61. The molecule has 0 radical (unpaired) electrons. The fourth-order valence-corrected chi connectivity index (χ4v) is 3.32. The molecule has 0 aliphatic carbocycles. The normalized spacial score (nSPS) is 11.6. The quantitative estimate of drug-likeness (QED) is 0.498. The summed E-state index contributed by atoms with van der Waals surface area (Å²) in [6, 6.07) is 18.8. The topological polar surface area (TPSA) is 64.1 Å². The van der Waals surface area contributed by atoms with E-state index < -0.39 is 5.25 Å². The average molecular weight is 365 g/mol. The predicted molar refractivity (Wildman–Crippen MR) is 103 cm³/mol. The van der Waals surface area contributed by atoms with Crippen LogP contribution in [0.5, 0.6) is 5.75 Å². The molecule has 3 rings (SSSR count). The van der Waals surface area contributed by atoms with Gasteiger partial charge in [0, 0.05) is 12.4 Å². The van der Waals surface area contributed by atoms with Crippen molar-refractivity contribution in [3.63, 3.8) is 0 Å². The Bertz CT molecular complexity index is 844. The molecule has 0 saturated carbocycles. The Morgan fingerprint density at radius 3 is 2.46 bits per heavy atom. The number of para-hydroxylation sites is 2. The Labute approximate surface area is 156 Å². The molecule has 1 aromatic heterocycles. The number of anilines is 1. The molecule has 2 aromatic carbocycles. The summed E-state index contributed by atoms with van der Waals surface area (Å²) < 4.78 is 5.60. The summed E-state index contributed by atoms with van der Waals surface area (Å²) in [5.41, 5.74) is 1.53. The molecular weight excluding hydrogens is 346 g/mol. The van der Waals surface area contributed by atoms with Crippen LogP contribution in [0, 0.1) is 0 Å². The van der Waals surface area contributed by atoms with E-state index in [0.717, 1.165) is 5.56 Å². The van der Waals surface area contributed by atoms with Crippen LogP contribution in [0.3, 0.4) is 0 Å². The molecule has 3 aromatic rings. The first-order valence-corrected chi connectivity index (χ1v) is 9.17. The van der Waals surface area contributed by atoms with E-state index in [9.17, 15) is 4.79 Å². The average Bonchev–Trinajstić information content (AvgIpc) is 2.69. The van der Waals surface area contributed by atoms with Gasteiger partial charge < -0.3 is 10.1 Å². The van der Waals surface area contributed by atoms with Crippen LogP contribution in [0.15, 0.2) is 78.2 Å². The number of hydrogen-bond acceptors (Lipinski definition) is 5. The van der Waals surface area contributed by atoms with E-state index >= 15 is 0 Å². The second-order valence-corrected chi connectivity index (χ2v) is 6.43. The summed E-state index contributed by atoms with van der Waals surface area (Å²) in [6.07, 6.45) is 3.33. The van der Waals surface area contributed by atoms with Crippen molar-refractivity contribution in [2.45, 2.75) is 17.3 Å². The number of benzene rings is 2. The van der Waals surface area contributed by atoms with Gasteiger partial charge in [0.2, 0.25) is 5.91 Å². The lowest BCUT2D eigenvalue weighted by Crippen LogP contribution is -2.19. The first-order chi connectivity index (χ1) is 12.8. The monoisotopic (exact) mass is 365 g/mol. The Morgan fingerprint density at radius 1 is 1.04 bits per heavy atom. The molecule has 0 aliphatic rings. The molecule has 132 valence electrons. The van der Waals surface area contributed by atoms with E-state index in [2.05, 4.69) is 15.3 Å². The third-order valence-corrected chi connectivity index (χ3v) is 4.69. The van der Waals surface area contributed by atoms with Gasteiger partial charge in [-0.2, -0.15) is 0 Å². The molecule has 5 nitrogen and oxygen atoms in total. The van der Waals surface area contributed by atoms with Gasteiger partial charge in [-0.25, -0.2) is 9.97 Å². The molecule has 1 atom stereocenters. The van der Waals surface area contributed by atoms with Gasteiger partial charge in [0.1, 0.15) is 11.0 Å². The Hall–Kier alpha value is -2.86. The largest absolute Gasteiger partial charge is 0.492 e. The fraction of sp³-hybridized carbons (Fsp3) is 0.150. The first-order valence-electron chi connectivity index (χ1n) is 8.29. The van der Waals surface area contributed by atoms with Gasteiger partial charge in [0.05, 0.1) is 12.3 Å². The highest BCUT2D eigenvalue weighted by molar-refractivity contribution is 8.00. The number of nitrogens with zero attached hydrogens (tertiary/aromatic N) is 2. The number of nitrogens with one attached hydrogen (secondary N) is 1. The number of aromatic nitrogens is 2. The van der Waals surface area contributed by atoms with Crippen LogP contribution in [0.2, 0.25) is 0 Å². The minimum atomic E-state index is -0.478. The van der Waals surface area contributed by atoms with E-state index in [0.29, 0.717) is 23.2 Å². The molecule has 6 heteroatoms. The molecule has 0 fully saturated rings. The Balaban J connectivity index is 1.86. The van der Waals surface area contributed by atoms with E-state index in [4.69, 9.17) is 4.74 Å². The number of thioether (sulfide) groups is 1. The van der Waals surface area contributed by atoms with Crippen molar-refractivity contribution < 1.29 is 9.53 Å². The molecular formula is C20H19N3O2S. The van der Waals surface area contributed by atoms with Gasteiger partial charge in [0.25, 0.3) is 0 Å². The standard InChI is InChI=1S/C20H19N3O2S/c1-2-25-17-12-7-6-11-16(17)23-19(24)18(15-9-4-3-5-10-15)26-20-21-13-8-14-22-20/h3-14,18H,2H2,1H3,(H,23,24)/t18-/m0/s1. The fourth-order valence-electron chi connectivity index (χ4n) is 2.40. The number of ether oxygens (including phenoxy) is 1. The lowest BCUT2D eigenvalue weighted by molar-refractivity contribution is -0.115. The van der Waals surface area contributed by atoms with Gasteiger partial charge >= 0.3 is 0 Å². The summed E-state index contributed by atoms with van der Waals surface area (Å²) >= 11 is 1.31. The maximum atomic E-state index is 13.0. The molecule has 1 heterocycles. The molecule has 0 bridgehead atoms. The van der Waals surface area contributed by atoms with Gasteiger partial charge in [-0.3, -0.25) is 4.79 Å². The molecule has 0 spiro atoms. The zero-order chi connectivity index (χ0) is 18.2. The van der Waals surface area contributed by atoms with Crippen LogP contribution in [-0.2, 0) is 4.79 Å². The zero-order valence-corrected chi connectivity index (χ0v) is 15.1. The van der Waals surface area contributed by atoms with Crippen molar-refractivity contribution in [2.24, 2.45) is 0 Å². The smallest absolute Gasteiger partial charge is 0.242 e. The highest BCUT2D eigenvalue weighted by atomic mass is 32.2. The van der Waals surface area contributed by atoms with Crippen molar-refractivity contribution in [1.29, 1.82) is 0 Å². The van der Waals surface area contributed by atoms with Crippen molar-refractivity contribution in [3.8, 4) is 5.75 Å². The molecule has 0 saturated heterocycles. The molecule has 1 amide bonds. The van der Waals surface area contributed by atoms with Crippen LogP contribution >= 0.6 is 11.8 Å². The van der Waals surface area contributed by atoms with Crippen LogP contribution in [0.25, 0.3) is 0 Å². The minimum Gasteiger partial charge on any atom is -0.492 e. The van der Waals surface area contributed by atoms with Crippen LogP contribution in [0.4, 0.5) is 5.69 Å². The number of amides is 1. The van der Waals surface area contributed by atoms with E-state index in [1.807, 2.05) is 61.5 Å². The van der Waals surface area contributed by atoms with Crippen LogP contribution in [0.1, 0.15) is 17.7 Å². The summed E-state index contributed by atoms with van der Waals surface area (Å²) in [6.45, 7) is 2.44. The van der Waals surface area contributed by atoms with Crippen molar-refractivity contribution >= 4 is 23.4 Å². The van der Waals surface area contributed by atoms with Gasteiger partial charge in [0.15, 0.2) is 5.16 Å². The second-order valence-electron chi connectivity index (χ2n) is 5.36. The lowest BCUT2D eigenvalue weighted by atomic mass is 10.1. The summed E-state index contributed by atoms with van der Waals surface area (Å²) in [5.74, 6) is 0.497. The number of rotatable bonds is 7. The highest BCUT2D eigenvalue weighted by Gasteiger charge is 2.24. The second kappa shape index (κ2) is 9.01. The number of carbonyl (C=O) groups excluding carboxylic acids is 1. The maximum Gasteiger partial charge on any atom is 0.242 e. The van der Waals surface area contributed by atoms with Crippen LogP contribution in [-0.4, -0.2) is 22.5 Å².